The van der Waals surface area contributed by atoms with Crippen LogP contribution in [-0.4, -0.2) is 55.9 Å². The smallest absolute Gasteiger partial charge is 0.199 e. The van der Waals surface area contributed by atoms with E-state index in [2.05, 4.69) is 10.1 Å². The number of hydrogen-bond donors (Lipinski definition) is 0. The van der Waals surface area contributed by atoms with Crippen LogP contribution in [0.5, 0.6) is 11.5 Å². The average Bonchev–Trinajstić information content (AvgIpc) is 3.41. The van der Waals surface area contributed by atoms with Crippen molar-refractivity contribution in [1.29, 1.82) is 0 Å². The number of ether oxygens (including phenoxy) is 3. The zero-order valence-electron chi connectivity index (χ0n) is 22.2. The Morgan fingerprint density at radius 3 is 2.40 bits per heavy atom. The van der Waals surface area contributed by atoms with Crippen LogP contribution in [0.4, 0.5) is 4.39 Å². The fourth-order valence-corrected chi connectivity index (χ4v) is 5.43. The number of rotatable bonds is 10. The summed E-state index contributed by atoms with van der Waals surface area (Å²) >= 11 is 6.57. The summed E-state index contributed by atoms with van der Waals surface area (Å²) in [6, 6.07) is 23.3. The molecule has 0 radical (unpaired) electrons. The first-order chi connectivity index (χ1) is 19.7. The molecule has 3 aromatic carbocycles. The molecule has 3 heterocycles. The zero-order chi connectivity index (χ0) is 27.3. The van der Waals surface area contributed by atoms with E-state index in [4.69, 9.17) is 30.3 Å². The molecular formula is C32H32ClFN2O4. The second-order valence-corrected chi connectivity index (χ2v) is 10.7. The zero-order valence-corrected chi connectivity index (χ0v) is 23.0. The highest BCUT2D eigenvalue weighted by Crippen LogP contribution is 2.42. The van der Waals surface area contributed by atoms with E-state index < -0.39 is 0 Å². The molecule has 40 heavy (non-hydrogen) atoms. The predicted octanol–water partition coefficient (Wildman–Crippen LogP) is 7.51. The van der Waals surface area contributed by atoms with Gasteiger partial charge in [-0.15, -0.1) is 0 Å². The van der Waals surface area contributed by atoms with Crippen molar-refractivity contribution < 1.29 is 23.1 Å². The molecule has 1 atom stereocenters. The van der Waals surface area contributed by atoms with Crippen LogP contribution < -0.4 is 9.47 Å². The number of likely N-dealkylation sites (tertiary alicyclic amines) is 1. The molecule has 0 spiro atoms. The van der Waals surface area contributed by atoms with E-state index in [-0.39, 0.29) is 18.9 Å². The molecule has 1 aromatic heterocycles. The van der Waals surface area contributed by atoms with Gasteiger partial charge in [0.15, 0.2) is 12.1 Å². The summed E-state index contributed by atoms with van der Waals surface area (Å²) in [7, 11) is 0. The Bertz CT molecular complexity index is 1400. The Balaban J connectivity index is 1.24. The lowest BCUT2D eigenvalue weighted by Gasteiger charge is -2.37. The van der Waals surface area contributed by atoms with Gasteiger partial charge in [-0.05, 0) is 60.9 Å². The molecule has 0 N–H and O–H groups in total. The number of benzene rings is 3. The van der Waals surface area contributed by atoms with Crippen molar-refractivity contribution in [2.75, 3.05) is 39.5 Å². The molecule has 6 nitrogen and oxygen atoms in total. The highest BCUT2D eigenvalue weighted by Gasteiger charge is 2.26. The molecule has 0 amide bonds. The third kappa shape index (κ3) is 6.02. The molecule has 208 valence electrons. The lowest BCUT2D eigenvalue weighted by Crippen LogP contribution is -2.49. The van der Waals surface area contributed by atoms with Crippen molar-refractivity contribution >= 4 is 11.6 Å². The number of halogens is 2. The fourth-order valence-electron chi connectivity index (χ4n) is 5.20. The van der Waals surface area contributed by atoms with Crippen molar-refractivity contribution in [3.63, 3.8) is 0 Å². The predicted molar refractivity (Wildman–Crippen MR) is 153 cm³/mol. The molecule has 4 aromatic rings. The summed E-state index contributed by atoms with van der Waals surface area (Å²) in [4.78, 5) is 2.20. The van der Waals surface area contributed by atoms with Gasteiger partial charge in [-0.2, -0.15) is 0 Å². The van der Waals surface area contributed by atoms with E-state index >= 15 is 0 Å². The van der Waals surface area contributed by atoms with Gasteiger partial charge in [0.05, 0.1) is 23.9 Å². The second-order valence-electron chi connectivity index (χ2n) is 10.3. The van der Waals surface area contributed by atoms with Gasteiger partial charge in [-0.3, -0.25) is 9.29 Å². The molecule has 1 unspecified atom stereocenters. The van der Waals surface area contributed by atoms with E-state index in [0.29, 0.717) is 23.1 Å². The van der Waals surface area contributed by atoms with Crippen molar-refractivity contribution in [2.24, 2.45) is 5.92 Å². The third-order valence-corrected chi connectivity index (χ3v) is 7.74. The van der Waals surface area contributed by atoms with E-state index in [1.807, 2.05) is 72.8 Å². The molecule has 6 rings (SSSR count). The Hall–Kier alpha value is -3.39. The van der Waals surface area contributed by atoms with Crippen LogP contribution in [0.25, 0.3) is 33.7 Å². The molecule has 0 saturated carbocycles. The van der Waals surface area contributed by atoms with Gasteiger partial charge >= 0.3 is 0 Å². The van der Waals surface area contributed by atoms with Crippen LogP contribution in [0.1, 0.15) is 19.3 Å². The summed E-state index contributed by atoms with van der Waals surface area (Å²) in [5.74, 6) is 2.35. The number of aromatic nitrogens is 1. The standard InChI is InChI=1S/C32H32ClFN2O4/c33-28-6-2-1-5-27(28)31-30(23-8-12-25(13-9-23)37-18-16-36-20-22(19-34)21-36)32(40-35-31)24-10-14-26(15-11-24)39-29-7-3-4-17-38-29/h1-2,5-6,8-15,22,29H,3-4,7,16-21H2. The van der Waals surface area contributed by atoms with Gasteiger partial charge in [0.2, 0.25) is 0 Å². The summed E-state index contributed by atoms with van der Waals surface area (Å²) in [5.41, 5.74) is 4.12. The van der Waals surface area contributed by atoms with Crippen LogP contribution in [0.2, 0.25) is 5.02 Å². The molecule has 2 fully saturated rings. The second kappa shape index (κ2) is 12.4. The summed E-state index contributed by atoms with van der Waals surface area (Å²) in [5, 5.41) is 5.06. The minimum absolute atomic E-state index is 0.180. The first kappa shape index (κ1) is 26.8. The van der Waals surface area contributed by atoms with Gasteiger partial charge in [-0.25, -0.2) is 0 Å². The van der Waals surface area contributed by atoms with E-state index in [0.717, 1.165) is 79.3 Å². The van der Waals surface area contributed by atoms with Crippen molar-refractivity contribution in [3.8, 4) is 45.2 Å². The van der Waals surface area contributed by atoms with Crippen LogP contribution in [0.3, 0.4) is 0 Å². The van der Waals surface area contributed by atoms with E-state index in [1.165, 1.54) is 0 Å². The van der Waals surface area contributed by atoms with Gasteiger partial charge in [0.25, 0.3) is 0 Å². The molecule has 0 aliphatic carbocycles. The van der Waals surface area contributed by atoms with Gasteiger partial charge < -0.3 is 18.7 Å². The summed E-state index contributed by atoms with van der Waals surface area (Å²) < 4.78 is 36.3. The monoisotopic (exact) mass is 562 g/mol. The fraction of sp³-hybridized carbons (Fsp3) is 0.344. The SMILES string of the molecule is FCC1CN(CCOc2ccc(-c3c(-c4ccccc4Cl)noc3-c3ccc(OC4CCCCO4)cc3)cc2)C1. The van der Waals surface area contributed by atoms with Crippen molar-refractivity contribution in [1.82, 2.24) is 10.1 Å². The maximum absolute atomic E-state index is 12.7. The van der Waals surface area contributed by atoms with Gasteiger partial charge in [0, 0.05) is 43.1 Å². The van der Waals surface area contributed by atoms with Crippen molar-refractivity contribution in [3.05, 3.63) is 77.8 Å². The molecule has 2 saturated heterocycles. The van der Waals surface area contributed by atoms with Gasteiger partial charge in [-0.1, -0.05) is 47.1 Å². The topological polar surface area (TPSA) is 57.0 Å². The Kier molecular flexibility index (Phi) is 8.32. The Morgan fingerprint density at radius 1 is 0.925 bits per heavy atom. The average molecular weight is 563 g/mol. The minimum Gasteiger partial charge on any atom is -0.492 e. The first-order valence-electron chi connectivity index (χ1n) is 13.8. The first-order valence-corrected chi connectivity index (χ1v) is 14.2. The quantitative estimate of drug-likeness (QED) is 0.199. The van der Waals surface area contributed by atoms with E-state index in [9.17, 15) is 4.39 Å². The van der Waals surface area contributed by atoms with Crippen LogP contribution in [0.15, 0.2) is 77.3 Å². The normalized spacial score (nSPS) is 17.9. The molecular weight excluding hydrogens is 531 g/mol. The molecule has 2 aliphatic heterocycles. The summed E-state index contributed by atoms with van der Waals surface area (Å²) in [6.45, 7) is 3.45. The Labute approximate surface area is 238 Å². The Morgan fingerprint density at radius 2 is 1.68 bits per heavy atom. The van der Waals surface area contributed by atoms with E-state index in [1.54, 1.807) is 0 Å². The maximum Gasteiger partial charge on any atom is 0.199 e. The molecule has 2 aliphatic rings. The highest BCUT2D eigenvalue weighted by atomic mass is 35.5. The van der Waals surface area contributed by atoms with Crippen LogP contribution in [-0.2, 0) is 4.74 Å². The third-order valence-electron chi connectivity index (χ3n) is 7.41. The largest absolute Gasteiger partial charge is 0.492 e. The lowest BCUT2D eigenvalue weighted by atomic mass is 9.96. The molecule has 8 heteroatoms. The summed E-state index contributed by atoms with van der Waals surface area (Å²) in [6.07, 6.45) is 2.88. The minimum atomic E-state index is -0.243. The number of hydrogen-bond acceptors (Lipinski definition) is 6. The highest BCUT2D eigenvalue weighted by molar-refractivity contribution is 6.33. The number of nitrogens with zero attached hydrogens (tertiary/aromatic N) is 2. The number of alkyl halides is 1. The van der Waals surface area contributed by atoms with Crippen LogP contribution in [0, 0.1) is 5.92 Å². The van der Waals surface area contributed by atoms with Gasteiger partial charge in [0.1, 0.15) is 23.8 Å². The lowest BCUT2D eigenvalue weighted by molar-refractivity contribution is -0.105. The molecule has 0 bridgehead atoms. The van der Waals surface area contributed by atoms with Crippen molar-refractivity contribution in [2.45, 2.75) is 25.6 Å². The van der Waals surface area contributed by atoms with Crippen LogP contribution >= 0.6 is 11.6 Å². The maximum atomic E-state index is 12.7.